The van der Waals surface area contributed by atoms with Gasteiger partial charge in [-0.15, -0.1) is 0 Å². The zero-order valence-electron chi connectivity index (χ0n) is 17.6. The number of hydrogen-bond donors (Lipinski definition) is 0. The average molecular weight is 422 g/mol. The van der Waals surface area contributed by atoms with E-state index in [1.54, 1.807) is 12.1 Å². The minimum absolute atomic E-state index is 0.250. The highest BCUT2D eigenvalue weighted by Crippen LogP contribution is 2.37. The minimum atomic E-state index is -1.17. The molecule has 1 aromatic carbocycles. The first-order chi connectivity index (χ1) is 14.1. The Morgan fingerprint density at radius 1 is 0.767 bits per heavy atom. The number of carbonyl (C=O) groups excluding carboxylic acids is 4. The van der Waals surface area contributed by atoms with Gasteiger partial charge in [-0.3, -0.25) is 19.2 Å². The van der Waals surface area contributed by atoms with Gasteiger partial charge in [0.05, 0.1) is 0 Å². The van der Waals surface area contributed by atoms with E-state index >= 15 is 0 Å². The van der Waals surface area contributed by atoms with Crippen molar-refractivity contribution >= 4 is 23.9 Å². The van der Waals surface area contributed by atoms with Crippen LogP contribution in [0.25, 0.3) is 0 Å². The van der Waals surface area contributed by atoms with Crippen molar-refractivity contribution < 1.29 is 42.9 Å². The second-order valence-corrected chi connectivity index (χ2v) is 7.03. The fourth-order valence-corrected chi connectivity index (χ4v) is 3.25. The molecule has 1 heterocycles. The van der Waals surface area contributed by atoms with Crippen molar-refractivity contribution in [1.29, 1.82) is 0 Å². The van der Waals surface area contributed by atoms with Gasteiger partial charge in [0.15, 0.2) is 18.3 Å². The lowest BCUT2D eigenvalue weighted by molar-refractivity contribution is -0.254. The van der Waals surface area contributed by atoms with Gasteiger partial charge in [-0.25, -0.2) is 0 Å². The first-order valence-corrected chi connectivity index (χ1v) is 9.45. The van der Waals surface area contributed by atoms with Gasteiger partial charge in [0.25, 0.3) is 0 Å². The van der Waals surface area contributed by atoms with Crippen molar-refractivity contribution in [3.63, 3.8) is 0 Å². The van der Waals surface area contributed by atoms with Crippen molar-refractivity contribution in [1.82, 2.24) is 0 Å². The molecule has 0 N–H and O–H groups in total. The van der Waals surface area contributed by atoms with Gasteiger partial charge in [-0.1, -0.05) is 29.8 Å². The maximum Gasteiger partial charge on any atom is 0.303 e. The molecule has 30 heavy (non-hydrogen) atoms. The molecule has 0 aliphatic carbocycles. The van der Waals surface area contributed by atoms with E-state index < -0.39 is 54.4 Å². The van der Waals surface area contributed by atoms with Crippen LogP contribution in [0.15, 0.2) is 24.3 Å². The summed E-state index contributed by atoms with van der Waals surface area (Å²) < 4.78 is 27.3. The van der Waals surface area contributed by atoms with E-state index in [1.165, 1.54) is 27.7 Å². The summed E-state index contributed by atoms with van der Waals surface area (Å²) >= 11 is 0. The maximum atomic E-state index is 11.8. The van der Waals surface area contributed by atoms with Crippen LogP contribution in [0.4, 0.5) is 0 Å². The lowest BCUT2D eigenvalue weighted by Crippen LogP contribution is -2.59. The number of hydrogen-bond acceptors (Lipinski definition) is 9. The minimum Gasteiger partial charge on any atom is -0.463 e. The van der Waals surface area contributed by atoms with E-state index in [9.17, 15) is 19.2 Å². The third-order valence-corrected chi connectivity index (χ3v) is 4.40. The molecule has 9 nitrogen and oxygen atoms in total. The third-order valence-electron chi connectivity index (χ3n) is 4.40. The van der Waals surface area contributed by atoms with Gasteiger partial charge in [0.2, 0.25) is 0 Å². The topological polar surface area (TPSA) is 114 Å². The summed E-state index contributed by atoms with van der Waals surface area (Å²) in [6.45, 7) is 6.47. The van der Waals surface area contributed by atoms with Gasteiger partial charge in [0.1, 0.15) is 18.8 Å². The van der Waals surface area contributed by atoms with E-state index in [2.05, 4.69) is 0 Å². The number of aryl methyl sites for hydroxylation is 1. The molecule has 9 heteroatoms. The molecule has 1 aromatic rings. The predicted molar refractivity (Wildman–Crippen MR) is 102 cm³/mol. The van der Waals surface area contributed by atoms with Crippen LogP contribution in [0.2, 0.25) is 0 Å². The Morgan fingerprint density at radius 3 is 1.77 bits per heavy atom. The van der Waals surface area contributed by atoms with Gasteiger partial charge in [-0.05, 0) is 12.5 Å². The molecule has 0 unspecified atom stereocenters. The highest BCUT2D eigenvalue weighted by molar-refractivity contribution is 5.68. The Bertz CT molecular complexity index is 786. The smallest absolute Gasteiger partial charge is 0.303 e. The third kappa shape index (κ3) is 6.28. The number of ether oxygens (including phenoxy) is 5. The van der Waals surface area contributed by atoms with Crippen molar-refractivity contribution in [2.75, 3.05) is 6.61 Å². The summed E-state index contributed by atoms with van der Waals surface area (Å²) in [6.07, 6.45) is -5.23. The molecule has 5 atom stereocenters. The standard InChI is InChI=1S/C21H26O9/c1-11-6-8-16(9-7-11)18-20(28-14(4)24)21(29-15(5)25)19(27-13(3)23)17(30-18)10-26-12(2)22/h6-9,17-21H,10H2,1-5H3/t17-,18-,19+,20+,21+/m1/s1. The lowest BCUT2D eigenvalue weighted by atomic mass is 9.90. The highest BCUT2D eigenvalue weighted by atomic mass is 16.7. The molecule has 2 rings (SSSR count). The molecule has 1 saturated heterocycles. The summed E-state index contributed by atoms with van der Waals surface area (Å²) in [5.74, 6) is -2.51. The number of benzene rings is 1. The first kappa shape index (κ1) is 23.3. The average Bonchev–Trinajstić information content (AvgIpc) is 2.63. The van der Waals surface area contributed by atoms with E-state index in [0.29, 0.717) is 5.56 Å². The van der Waals surface area contributed by atoms with Crippen molar-refractivity contribution in [2.45, 2.75) is 65.1 Å². The van der Waals surface area contributed by atoms with E-state index in [0.717, 1.165) is 5.56 Å². The summed E-state index contributed by atoms with van der Waals surface area (Å²) in [5, 5.41) is 0. The molecular formula is C21H26O9. The molecule has 0 spiro atoms. The van der Waals surface area contributed by atoms with Crippen molar-refractivity contribution in [3.05, 3.63) is 35.4 Å². The summed E-state index contributed by atoms with van der Waals surface area (Å²) in [5.41, 5.74) is 1.66. The Labute approximate surface area is 174 Å². The van der Waals surface area contributed by atoms with E-state index in [-0.39, 0.29) is 6.61 Å². The van der Waals surface area contributed by atoms with Gasteiger partial charge in [0, 0.05) is 27.7 Å². The van der Waals surface area contributed by atoms with Crippen molar-refractivity contribution in [2.24, 2.45) is 0 Å². The predicted octanol–water partition coefficient (Wildman–Crippen LogP) is 1.79. The van der Waals surface area contributed by atoms with Gasteiger partial charge >= 0.3 is 23.9 Å². The van der Waals surface area contributed by atoms with Crippen LogP contribution < -0.4 is 0 Å². The summed E-state index contributed by atoms with van der Waals surface area (Å²) in [4.78, 5) is 46.7. The zero-order valence-corrected chi connectivity index (χ0v) is 17.6. The van der Waals surface area contributed by atoms with Crippen LogP contribution >= 0.6 is 0 Å². The Hall–Kier alpha value is -2.94. The molecule has 1 aliphatic rings. The summed E-state index contributed by atoms with van der Waals surface area (Å²) in [6, 6.07) is 7.28. The Morgan fingerprint density at radius 2 is 1.27 bits per heavy atom. The molecular weight excluding hydrogens is 396 g/mol. The van der Waals surface area contributed by atoms with E-state index in [4.69, 9.17) is 23.7 Å². The van der Waals surface area contributed by atoms with Crippen LogP contribution in [-0.4, -0.2) is 54.9 Å². The second-order valence-electron chi connectivity index (χ2n) is 7.03. The fourth-order valence-electron chi connectivity index (χ4n) is 3.25. The van der Waals surface area contributed by atoms with Gasteiger partial charge in [-0.2, -0.15) is 0 Å². The number of rotatable bonds is 6. The Kier molecular flexibility index (Phi) is 7.93. The van der Waals surface area contributed by atoms with Crippen LogP contribution in [0.3, 0.4) is 0 Å². The summed E-state index contributed by atoms with van der Waals surface area (Å²) in [7, 11) is 0. The molecule has 1 aliphatic heterocycles. The van der Waals surface area contributed by atoms with Gasteiger partial charge < -0.3 is 23.7 Å². The lowest BCUT2D eigenvalue weighted by Gasteiger charge is -2.44. The Balaban J connectivity index is 2.51. The largest absolute Gasteiger partial charge is 0.463 e. The van der Waals surface area contributed by atoms with Crippen LogP contribution in [0.5, 0.6) is 0 Å². The van der Waals surface area contributed by atoms with Crippen LogP contribution in [0, 0.1) is 6.92 Å². The quantitative estimate of drug-likeness (QED) is 0.500. The van der Waals surface area contributed by atoms with Crippen molar-refractivity contribution in [3.8, 4) is 0 Å². The first-order valence-electron chi connectivity index (χ1n) is 9.45. The molecule has 1 fully saturated rings. The molecule has 0 saturated carbocycles. The molecule has 0 bridgehead atoms. The normalized spacial score (nSPS) is 25.7. The molecule has 0 aromatic heterocycles. The van der Waals surface area contributed by atoms with Crippen LogP contribution in [0.1, 0.15) is 44.9 Å². The van der Waals surface area contributed by atoms with Crippen LogP contribution in [-0.2, 0) is 42.9 Å². The maximum absolute atomic E-state index is 11.8. The van der Waals surface area contributed by atoms with E-state index in [1.807, 2.05) is 19.1 Å². The fraction of sp³-hybridized carbons (Fsp3) is 0.524. The zero-order chi connectivity index (χ0) is 22.4. The molecule has 0 radical (unpaired) electrons. The number of carbonyl (C=O) groups is 4. The molecule has 0 amide bonds. The number of esters is 4. The SMILES string of the molecule is CC(=O)OC[C@H]1O[C@H](c2ccc(C)cc2)[C@H](OC(C)=O)[C@@H](OC(C)=O)[C@H]1OC(C)=O. The monoisotopic (exact) mass is 422 g/mol. The highest BCUT2D eigenvalue weighted by Gasteiger charge is 2.52. The molecule has 164 valence electrons. The second kappa shape index (κ2) is 10.2.